The minimum absolute atomic E-state index is 0. The van der Waals surface area contributed by atoms with Gasteiger partial charge in [0.25, 0.3) is 5.92 Å². The molecule has 1 saturated carbocycles. The average molecular weight is 241 g/mol. The highest BCUT2D eigenvalue weighted by Gasteiger charge is 2.62. The van der Waals surface area contributed by atoms with Crippen LogP contribution < -0.4 is 5.73 Å². The molecular weight excluding hydrogens is 226 g/mol. The summed E-state index contributed by atoms with van der Waals surface area (Å²) in [6, 6.07) is -0.0416. The summed E-state index contributed by atoms with van der Waals surface area (Å²) < 4.78 is 25.2. The second-order valence-corrected chi connectivity index (χ2v) is 4.20. The van der Waals surface area contributed by atoms with Gasteiger partial charge in [-0.25, -0.2) is 8.78 Å². The van der Waals surface area contributed by atoms with E-state index in [0.717, 1.165) is 12.8 Å². The fraction of sp³-hybridized carbons (Fsp3) is 0.889. The summed E-state index contributed by atoms with van der Waals surface area (Å²) in [5.74, 6) is -4.23. The third-order valence-electron chi connectivity index (χ3n) is 2.89. The van der Waals surface area contributed by atoms with Crippen molar-refractivity contribution < 1.29 is 13.6 Å². The lowest BCUT2D eigenvalue weighted by Gasteiger charge is -2.30. The van der Waals surface area contributed by atoms with Crippen LogP contribution in [0, 0.1) is 5.92 Å². The molecule has 0 bridgehead atoms. The van der Waals surface area contributed by atoms with Crippen molar-refractivity contribution in [3.63, 3.8) is 0 Å². The number of nitrogens with two attached hydrogens (primary N) is 1. The second-order valence-electron chi connectivity index (χ2n) is 4.20. The average Bonchev–Trinajstić information content (AvgIpc) is 2.74. The topological polar surface area (TPSA) is 46.3 Å². The molecule has 0 aromatic rings. The molecule has 88 valence electrons. The van der Waals surface area contributed by atoms with E-state index in [1.807, 2.05) is 0 Å². The van der Waals surface area contributed by atoms with Gasteiger partial charge in [0.05, 0.1) is 0 Å². The molecule has 3 nitrogen and oxygen atoms in total. The van der Waals surface area contributed by atoms with Crippen molar-refractivity contribution in [2.75, 3.05) is 13.1 Å². The molecule has 2 rings (SSSR count). The van der Waals surface area contributed by atoms with Gasteiger partial charge in [0, 0.05) is 25.6 Å². The molecule has 2 atom stereocenters. The van der Waals surface area contributed by atoms with E-state index in [9.17, 15) is 13.6 Å². The van der Waals surface area contributed by atoms with E-state index in [1.165, 1.54) is 4.90 Å². The summed E-state index contributed by atoms with van der Waals surface area (Å²) in [6.45, 7) is 1.02. The molecule has 15 heavy (non-hydrogen) atoms. The van der Waals surface area contributed by atoms with Crippen LogP contribution in [0.4, 0.5) is 8.78 Å². The third kappa shape index (κ3) is 2.58. The minimum Gasteiger partial charge on any atom is -0.341 e. The Morgan fingerprint density at radius 1 is 1.47 bits per heavy atom. The molecule has 1 aliphatic heterocycles. The van der Waals surface area contributed by atoms with Crippen LogP contribution in [0.2, 0.25) is 0 Å². The largest absolute Gasteiger partial charge is 0.341 e. The van der Waals surface area contributed by atoms with Gasteiger partial charge in [-0.2, -0.15) is 0 Å². The summed E-state index contributed by atoms with van der Waals surface area (Å²) in [7, 11) is 0. The Bertz CT molecular complexity index is 262. The van der Waals surface area contributed by atoms with Crippen LogP contribution in [0.1, 0.15) is 19.3 Å². The highest BCUT2D eigenvalue weighted by atomic mass is 35.5. The summed E-state index contributed by atoms with van der Waals surface area (Å²) in [4.78, 5) is 13.0. The van der Waals surface area contributed by atoms with Gasteiger partial charge in [-0.1, -0.05) is 0 Å². The van der Waals surface area contributed by atoms with Gasteiger partial charge in [0.2, 0.25) is 5.91 Å². The minimum atomic E-state index is -2.75. The van der Waals surface area contributed by atoms with E-state index in [4.69, 9.17) is 5.73 Å². The quantitative estimate of drug-likeness (QED) is 0.744. The number of rotatable bonds is 1. The van der Waals surface area contributed by atoms with Crippen LogP contribution in [-0.4, -0.2) is 35.9 Å². The van der Waals surface area contributed by atoms with E-state index in [2.05, 4.69) is 0 Å². The number of carbonyl (C=O) groups excluding carboxylic acids is 1. The van der Waals surface area contributed by atoms with Crippen molar-refractivity contribution >= 4 is 18.3 Å². The molecule has 1 heterocycles. The van der Waals surface area contributed by atoms with Crippen molar-refractivity contribution in [2.24, 2.45) is 11.7 Å². The Hall–Kier alpha value is -0.420. The molecule has 2 aliphatic rings. The van der Waals surface area contributed by atoms with Gasteiger partial charge in [-0.3, -0.25) is 4.79 Å². The summed E-state index contributed by atoms with van der Waals surface area (Å²) >= 11 is 0. The Balaban J connectivity index is 0.00000112. The highest BCUT2D eigenvalue weighted by Crippen LogP contribution is 2.49. The standard InChI is InChI=1S/C9H14F2N2O.ClH/c10-9(11)4-7(9)8(14)13-3-1-2-6(12)5-13;/h6-7H,1-5,12H2;1H/t6-,7?;/m1./s1. The van der Waals surface area contributed by atoms with Crippen molar-refractivity contribution in [1.29, 1.82) is 0 Å². The molecule has 2 fully saturated rings. The molecule has 1 amide bonds. The van der Waals surface area contributed by atoms with Gasteiger partial charge in [-0.15, -0.1) is 12.4 Å². The maximum absolute atomic E-state index is 12.6. The monoisotopic (exact) mass is 240 g/mol. The fourth-order valence-electron chi connectivity index (χ4n) is 1.91. The molecule has 1 aliphatic carbocycles. The molecule has 2 N–H and O–H groups in total. The first-order valence-electron chi connectivity index (χ1n) is 4.93. The predicted molar refractivity (Wildman–Crippen MR) is 54.1 cm³/mol. The normalized spacial score (nSPS) is 33.1. The lowest BCUT2D eigenvalue weighted by Crippen LogP contribution is -2.46. The Morgan fingerprint density at radius 3 is 2.53 bits per heavy atom. The number of likely N-dealkylation sites (tertiary alicyclic amines) is 1. The predicted octanol–water partition coefficient (Wildman–Crippen LogP) is 1.01. The molecule has 0 aromatic carbocycles. The number of amides is 1. The molecule has 1 saturated heterocycles. The van der Waals surface area contributed by atoms with Crippen LogP contribution in [0.25, 0.3) is 0 Å². The smallest absolute Gasteiger partial charge is 0.260 e. The van der Waals surface area contributed by atoms with Gasteiger partial charge < -0.3 is 10.6 Å². The number of piperidine rings is 1. The first-order valence-corrected chi connectivity index (χ1v) is 4.93. The lowest BCUT2D eigenvalue weighted by molar-refractivity contribution is -0.136. The fourth-order valence-corrected chi connectivity index (χ4v) is 1.91. The maximum Gasteiger partial charge on any atom is 0.260 e. The first kappa shape index (κ1) is 12.6. The Labute approximate surface area is 93.4 Å². The number of alkyl halides is 2. The number of hydrogen-bond acceptors (Lipinski definition) is 2. The highest BCUT2D eigenvalue weighted by molar-refractivity contribution is 5.85. The zero-order valence-corrected chi connectivity index (χ0v) is 9.10. The van der Waals surface area contributed by atoms with Crippen LogP contribution in [-0.2, 0) is 4.79 Å². The summed E-state index contributed by atoms with van der Waals surface area (Å²) in [6.07, 6.45) is 1.42. The van der Waals surface area contributed by atoms with Gasteiger partial charge in [0.15, 0.2) is 0 Å². The van der Waals surface area contributed by atoms with Crippen LogP contribution in [0.15, 0.2) is 0 Å². The van der Waals surface area contributed by atoms with E-state index >= 15 is 0 Å². The number of hydrogen-bond donors (Lipinski definition) is 1. The summed E-state index contributed by atoms with van der Waals surface area (Å²) in [5, 5.41) is 0. The molecule has 0 spiro atoms. The van der Waals surface area contributed by atoms with Crippen molar-refractivity contribution in [3.05, 3.63) is 0 Å². The number of carbonyl (C=O) groups is 1. The molecule has 1 unspecified atom stereocenters. The molecule has 0 aromatic heterocycles. The second kappa shape index (κ2) is 4.22. The molecule has 0 radical (unpaired) electrons. The number of halogens is 3. The van der Waals surface area contributed by atoms with Crippen LogP contribution in [0.5, 0.6) is 0 Å². The SMILES string of the molecule is Cl.N[C@@H]1CCCN(C(=O)C2CC2(F)F)C1. The number of nitrogens with zero attached hydrogens (tertiary/aromatic N) is 1. The zero-order chi connectivity index (χ0) is 10.3. The zero-order valence-electron chi connectivity index (χ0n) is 8.29. The van der Waals surface area contributed by atoms with E-state index < -0.39 is 17.7 Å². The lowest BCUT2D eigenvalue weighted by atomic mass is 10.1. The van der Waals surface area contributed by atoms with E-state index in [-0.39, 0.29) is 24.9 Å². The molecule has 6 heteroatoms. The third-order valence-corrected chi connectivity index (χ3v) is 2.89. The van der Waals surface area contributed by atoms with Crippen molar-refractivity contribution in [3.8, 4) is 0 Å². The van der Waals surface area contributed by atoms with Crippen LogP contribution >= 0.6 is 12.4 Å². The van der Waals surface area contributed by atoms with E-state index in [0.29, 0.717) is 13.1 Å². The van der Waals surface area contributed by atoms with Gasteiger partial charge in [-0.05, 0) is 12.8 Å². The van der Waals surface area contributed by atoms with E-state index in [1.54, 1.807) is 0 Å². The summed E-state index contributed by atoms with van der Waals surface area (Å²) in [5.41, 5.74) is 5.67. The van der Waals surface area contributed by atoms with Crippen LogP contribution in [0.3, 0.4) is 0 Å². The Morgan fingerprint density at radius 2 is 2.07 bits per heavy atom. The maximum atomic E-state index is 12.6. The Kier molecular flexibility index (Phi) is 3.55. The van der Waals surface area contributed by atoms with Gasteiger partial charge in [0.1, 0.15) is 5.92 Å². The van der Waals surface area contributed by atoms with Crippen molar-refractivity contribution in [2.45, 2.75) is 31.2 Å². The van der Waals surface area contributed by atoms with Crippen molar-refractivity contribution in [1.82, 2.24) is 4.90 Å². The molecular formula is C9H15ClF2N2O. The first-order chi connectivity index (χ1) is 6.50. The van der Waals surface area contributed by atoms with Gasteiger partial charge >= 0.3 is 0 Å².